The summed E-state index contributed by atoms with van der Waals surface area (Å²) < 4.78 is 1.67. The van der Waals surface area contributed by atoms with Gasteiger partial charge in [0.2, 0.25) is 0 Å². The second kappa shape index (κ2) is 3.87. The Morgan fingerprint density at radius 3 is 2.60 bits per heavy atom. The Balaban J connectivity index is 2.57. The molecule has 2 aromatic rings. The van der Waals surface area contributed by atoms with E-state index in [9.17, 15) is 4.79 Å². The molecule has 2 rings (SSSR count). The molecule has 0 radical (unpaired) electrons. The molecule has 0 saturated carbocycles. The van der Waals surface area contributed by atoms with E-state index in [1.165, 1.54) is 0 Å². The number of carbonyl (C=O) groups is 1. The summed E-state index contributed by atoms with van der Waals surface area (Å²) in [5.41, 5.74) is 2.32. The standard InChI is InChI=1S/C11H9ClN2O/c1-14-11(9(7-15)6-13-14)8-2-4-10(12)5-3-8/h2-7H,1H3. The van der Waals surface area contributed by atoms with Crippen LogP contribution in [0.1, 0.15) is 10.4 Å². The largest absolute Gasteiger partial charge is 0.298 e. The first-order chi connectivity index (χ1) is 7.22. The second-order valence-corrected chi connectivity index (χ2v) is 3.63. The minimum Gasteiger partial charge on any atom is -0.298 e. The molecule has 0 fully saturated rings. The highest BCUT2D eigenvalue weighted by molar-refractivity contribution is 6.30. The molecule has 0 spiro atoms. The van der Waals surface area contributed by atoms with Crippen molar-refractivity contribution in [1.29, 1.82) is 0 Å². The molecule has 0 bridgehead atoms. The molecule has 3 nitrogen and oxygen atoms in total. The number of aryl methyl sites for hydroxylation is 1. The molecule has 0 N–H and O–H groups in total. The van der Waals surface area contributed by atoms with Crippen molar-refractivity contribution >= 4 is 17.9 Å². The van der Waals surface area contributed by atoms with Crippen LogP contribution in [0.15, 0.2) is 30.5 Å². The van der Waals surface area contributed by atoms with Gasteiger partial charge in [0.25, 0.3) is 0 Å². The zero-order valence-corrected chi connectivity index (χ0v) is 8.90. The molecular weight excluding hydrogens is 212 g/mol. The fraction of sp³-hybridized carbons (Fsp3) is 0.0909. The maximum absolute atomic E-state index is 10.8. The Morgan fingerprint density at radius 2 is 2.00 bits per heavy atom. The summed E-state index contributed by atoms with van der Waals surface area (Å²) in [5.74, 6) is 0. The molecule has 0 amide bonds. The van der Waals surface area contributed by atoms with Gasteiger partial charge in [0.05, 0.1) is 17.5 Å². The SMILES string of the molecule is Cn1ncc(C=O)c1-c1ccc(Cl)cc1. The van der Waals surface area contributed by atoms with E-state index in [0.29, 0.717) is 10.6 Å². The predicted molar refractivity (Wildman–Crippen MR) is 59.0 cm³/mol. The van der Waals surface area contributed by atoms with Crippen LogP contribution in [0.4, 0.5) is 0 Å². The third kappa shape index (κ3) is 1.78. The number of benzene rings is 1. The summed E-state index contributed by atoms with van der Waals surface area (Å²) in [7, 11) is 1.80. The molecule has 0 saturated heterocycles. The van der Waals surface area contributed by atoms with E-state index in [2.05, 4.69) is 5.10 Å². The van der Waals surface area contributed by atoms with Crippen molar-refractivity contribution in [2.75, 3.05) is 0 Å². The Kier molecular flexibility index (Phi) is 2.56. The molecule has 76 valence electrons. The van der Waals surface area contributed by atoms with E-state index in [1.54, 1.807) is 30.1 Å². The van der Waals surface area contributed by atoms with Gasteiger partial charge in [0, 0.05) is 17.6 Å². The first-order valence-corrected chi connectivity index (χ1v) is 4.83. The molecular formula is C11H9ClN2O. The van der Waals surface area contributed by atoms with Gasteiger partial charge in [-0.05, 0) is 12.1 Å². The van der Waals surface area contributed by atoms with Crippen LogP contribution >= 0.6 is 11.6 Å². The Bertz CT molecular complexity index is 488. The molecule has 0 aliphatic rings. The summed E-state index contributed by atoms with van der Waals surface area (Å²) >= 11 is 5.79. The van der Waals surface area contributed by atoms with Gasteiger partial charge < -0.3 is 0 Å². The van der Waals surface area contributed by atoms with E-state index in [4.69, 9.17) is 11.6 Å². The van der Waals surface area contributed by atoms with E-state index in [0.717, 1.165) is 17.5 Å². The molecule has 4 heteroatoms. The molecule has 0 aliphatic carbocycles. The van der Waals surface area contributed by atoms with Crippen LogP contribution in [-0.4, -0.2) is 16.1 Å². The van der Waals surface area contributed by atoms with E-state index in [-0.39, 0.29) is 0 Å². The Labute approximate surface area is 92.3 Å². The maximum Gasteiger partial charge on any atom is 0.153 e. The zero-order valence-electron chi connectivity index (χ0n) is 8.14. The predicted octanol–water partition coefficient (Wildman–Crippen LogP) is 2.55. The van der Waals surface area contributed by atoms with Gasteiger partial charge in [-0.25, -0.2) is 0 Å². The first-order valence-electron chi connectivity index (χ1n) is 4.45. The van der Waals surface area contributed by atoms with E-state index >= 15 is 0 Å². The van der Waals surface area contributed by atoms with Crippen LogP contribution in [0.25, 0.3) is 11.3 Å². The lowest BCUT2D eigenvalue weighted by Gasteiger charge is -2.03. The summed E-state index contributed by atoms with van der Waals surface area (Å²) in [6.45, 7) is 0. The van der Waals surface area contributed by atoms with Gasteiger partial charge in [0.1, 0.15) is 0 Å². The molecule has 15 heavy (non-hydrogen) atoms. The number of aldehydes is 1. The molecule has 0 unspecified atom stereocenters. The van der Waals surface area contributed by atoms with Gasteiger partial charge >= 0.3 is 0 Å². The molecule has 1 heterocycles. The van der Waals surface area contributed by atoms with E-state index < -0.39 is 0 Å². The van der Waals surface area contributed by atoms with Crippen molar-refractivity contribution in [3.8, 4) is 11.3 Å². The normalized spacial score (nSPS) is 10.3. The lowest BCUT2D eigenvalue weighted by atomic mass is 10.1. The maximum atomic E-state index is 10.8. The highest BCUT2D eigenvalue weighted by Crippen LogP contribution is 2.23. The number of rotatable bonds is 2. The number of hydrogen-bond acceptors (Lipinski definition) is 2. The topological polar surface area (TPSA) is 34.9 Å². The zero-order chi connectivity index (χ0) is 10.8. The smallest absolute Gasteiger partial charge is 0.153 e. The minimum atomic E-state index is 0.583. The number of hydrogen-bond donors (Lipinski definition) is 0. The van der Waals surface area contributed by atoms with Crippen LogP contribution in [0, 0.1) is 0 Å². The van der Waals surface area contributed by atoms with Gasteiger partial charge in [-0.2, -0.15) is 5.10 Å². The lowest BCUT2D eigenvalue weighted by molar-refractivity contribution is 0.112. The highest BCUT2D eigenvalue weighted by Gasteiger charge is 2.09. The van der Waals surface area contributed by atoms with Crippen molar-refractivity contribution in [3.05, 3.63) is 41.0 Å². The fourth-order valence-electron chi connectivity index (χ4n) is 1.50. The second-order valence-electron chi connectivity index (χ2n) is 3.20. The average molecular weight is 221 g/mol. The Hall–Kier alpha value is -1.61. The van der Waals surface area contributed by atoms with Gasteiger partial charge in [-0.1, -0.05) is 23.7 Å². The minimum absolute atomic E-state index is 0.583. The van der Waals surface area contributed by atoms with Crippen LogP contribution in [0.3, 0.4) is 0 Å². The van der Waals surface area contributed by atoms with Crippen molar-refractivity contribution in [2.45, 2.75) is 0 Å². The number of aromatic nitrogens is 2. The lowest BCUT2D eigenvalue weighted by Crippen LogP contribution is -1.94. The van der Waals surface area contributed by atoms with E-state index in [1.807, 2.05) is 12.1 Å². The van der Waals surface area contributed by atoms with Crippen molar-refractivity contribution in [2.24, 2.45) is 7.05 Å². The summed E-state index contributed by atoms with van der Waals surface area (Å²) in [4.78, 5) is 10.8. The van der Waals surface area contributed by atoms with Crippen molar-refractivity contribution < 1.29 is 4.79 Å². The highest BCUT2D eigenvalue weighted by atomic mass is 35.5. The molecule has 0 aliphatic heterocycles. The number of carbonyl (C=O) groups excluding carboxylic acids is 1. The average Bonchev–Trinajstić information content (AvgIpc) is 2.61. The molecule has 0 atom stereocenters. The Morgan fingerprint density at radius 1 is 1.33 bits per heavy atom. The van der Waals surface area contributed by atoms with Crippen LogP contribution in [0.5, 0.6) is 0 Å². The third-order valence-corrected chi connectivity index (χ3v) is 2.46. The summed E-state index contributed by atoms with van der Waals surface area (Å²) in [6, 6.07) is 7.32. The number of nitrogens with zero attached hydrogens (tertiary/aromatic N) is 2. The summed E-state index contributed by atoms with van der Waals surface area (Å²) in [6.07, 6.45) is 2.36. The van der Waals surface area contributed by atoms with Gasteiger partial charge in [-0.3, -0.25) is 9.48 Å². The number of halogens is 1. The van der Waals surface area contributed by atoms with Crippen molar-refractivity contribution in [3.63, 3.8) is 0 Å². The fourth-order valence-corrected chi connectivity index (χ4v) is 1.63. The molecule has 1 aromatic carbocycles. The van der Waals surface area contributed by atoms with Gasteiger partial charge in [0.15, 0.2) is 6.29 Å². The summed E-state index contributed by atoms with van der Waals surface area (Å²) in [5, 5.41) is 4.71. The first kappa shape index (κ1) is 9.93. The third-order valence-electron chi connectivity index (χ3n) is 2.21. The molecule has 1 aromatic heterocycles. The van der Waals surface area contributed by atoms with Crippen LogP contribution < -0.4 is 0 Å². The van der Waals surface area contributed by atoms with Crippen molar-refractivity contribution in [1.82, 2.24) is 9.78 Å². The quantitative estimate of drug-likeness (QED) is 0.729. The van der Waals surface area contributed by atoms with Gasteiger partial charge in [-0.15, -0.1) is 0 Å². The van der Waals surface area contributed by atoms with Crippen LogP contribution in [-0.2, 0) is 7.05 Å². The monoisotopic (exact) mass is 220 g/mol. The van der Waals surface area contributed by atoms with Crippen LogP contribution in [0.2, 0.25) is 5.02 Å².